The average Bonchev–Trinajstić information content (AvgIpc) is 0.858. The summed E-state index contributed by atoms with van der Waals surface area (Å²) in [6.07, 6.45) is 6.20. The lowest BCUT2D eigenvalue weighted by Crippen LogP contribution is -2.63. The maximum Gasteiger partial charge on any atom is 0.246 e. The van der Waals surface area contributed by atoms with Gasteiger partial charge in [-0.15, -0.1) is 0 Å². The van der Waals surface area contributed by atoms with Crippen LogP contribution in [0.3, 0.4) is 0 Å². The molecule has 1 aliphatic rings. The van der Waals surface area contributed by atoms with Gasteiger partial charge in [-0.25, -0.2) is 0 Å². The van der Waals surface area contributed by atoms with Gasteiger partial charge in [0.25, 0.3) is 0 Å². The third-order valence-corrected chi connectivity index (χ3v) is 17.0. The van der Waals surface area contributed by atoms with Crippen molar-refractivity contribution >= 4 is 65.0 Å². The highest BCUT2D eigenvalue weighted by Gasteiger charge is 2.46. The van der Waals surface area contributed by atoms with Crippen molar-refractivity contribution in [1.29, 1.82) is 0 Å². The number of nitrogens with zero attached hydrogens (tertiary/aromatic N) is 7. The summed E-state index contributed by atoms with van der Waals surface area (Å²) in [5, 5.41) is 32.5. The summed E-state index contributed by atoms with van der Waals surface area (Å²) >= 11 is 0. The topological polar surface area (TPSA) is 299 Å². The normalized spacial score (nSPS) is 26.1. The molecule has 0 saturated carbocycles. The minimum atomic E-state index is -1.64. The van der Waals surface area contributed by atoms with Crippen molar-refractivity contribution in [1.82, 2.24) is 55.6 Å². The molecule has 0 aromatic heterocycles. The Kier molecular flexibility index (Phi) is 35.1. The lowest BCUT2D eigenvalue weighted by molar-refractivity contribution is -0.157. The molecule has 0 radical (unpaired) electrons. The Morgan fingerprint density at radius 3 is 1.38 bits per heavy atom. The van der Waals surface area contributed by atoms with E-state index < -0.39 is 156 Å². The highest BCUT2D eigenvalue weighted by Crippen LogP contribution is 2.26. The largest absolute Gasteiger partial charge is 0.396 e. The van der Waals surface area contributed by atoms with Crippen LogP contribution in [0.1, 0.15) is 175 Å². The summed E-state index contributed by atoms with van der Waals surface area (Å²) in [6.45, 7) is 27.6. The van der Waals surface area contributed by atoms with E-state index >= 15 is 14.4 Å². The maximum absolute atomic E-state index is 15.3. The molecular weight excluding hydrogens is 1150 g/mol. The number of aliphatic hydroxyl groups is 2. The van der Waals surface area contributed by atoms with Crippen molar-refractivity contribution in [3.63, 3.8) is 0 Å². The van der Waals surface area contributed by atoms with Crippen molar-refractivity contribution < 1.29 is 63.0 Å². The second kappa shape index (κ2) is 38.6. The van der Waals surface area contributed by atoms with Gasteiger partial charge in [0.05, 0.1) is 12.6 Å². The third kappa shape index (κ3) is 24.1. The molecule has 0 aromatic carbocycles. The van der Waals surface area contributed by atoms with Gasteiger partial charge in [0.15, 0.2) is 0 Å². The number of rotatable bonds is 20. The molecule has 0 aromatic rings. The molecule has 516 valence electrons. The molecule has 1 fully saturated rings. The average molecular weight is 1270 g/mol. The standard InChI is InChI=1S/C66H119N11O13/c1-24-47-62(86)71(17)37-52(79)72(18)48(33-38(2)3)59(83)70-53(42(10)11)65(89)73(19)49(34-39(4)5)58(82)67-45(15)57(81)68-46(16)61(85)74(20)50(35-40(6)7)63(87)75(21)51(36-41(8)9)64(88)76(22)54(43(12)13)66(90)77(23)55(60(84)69-47)56(80)44(14)31-29-27-25-26-28-30-32-78/h27,29,38-51,53-56,78,80H,24-26,28,30-37H2,1-23H3,(H,67,82)(H,68,81)(H,69,84)(H,70,83)/b29-27+/t44?,45-,46+,47-,48-,49-,50-,51-,53-,54-,55?,56?/m0/s1. The highest BCUT2D eigenvalue weighted by atomic mass is 16.3. The fourth-order valence-electron chi connectivity index (χ4n) is 11.3. The van der Waals surface area contributed by atoms with Gasteiger partial charge in [0.1, 0.15) is 60.4 Å². The number of hydrogen-bond acceptors (Lipinski definition) is 13. The molecule has 1 aliphatic heterocycles. The maximum atomic E-state index is 15.3. The fourth-order valence-corrected chi connectivity index (χ4v) is 11.3. The Labute approximate surface area is 539 Å². The van der Waals surface area contributed by atoms with Crippen molar-refractivity contribution in [3.05, 3.63) is 12.2 Å². The van der Waals surface area contributed by atoms with Crippen LogP contribution in [0.5, 0.6) is 0 Å². The molecule has 3 unspecified atom stereocenters. The van der Waals surface area contributed by atoms with Gasteiger partial charge in [-0.3, -0.25) is 52.7 Å². The number of allylic oxidation sites excluding steroid dienone is 2. The Balaban J connectivity index is 4.34. The van der Waals surface area contributed by atoms with Gasteiger partial charge in [0, 0.05) is 55.9 Å². The summed E-state index contributed by atoms with van der Waals surface area (Å²) in [6, 6.07) is -12.5. The predicted molar refractivity (Wildman–Crippen MR) is 348 cm³/mol. The van der Waals surface area contributed by atoms with Crippen LogP contribution in [-0.4, -0.2) is 238 Å². The first-order chi connectivity index (χ1) is 41.7. The zero-order valence-corrected chi connectivity index (χ0v) is 59.0. The number of amides is 11. The van der Waals surface area contributed by atoms with E-state index in [9.17, 15) is 48.6 Å². The van der Waals surface area contributed by atoms with Crippen LogP contribution in [0.25, 0.3) is 0 Å². The predicted octanol–water partition coefficient (Wildman–Crippen LogP) is 3.80. The molecule has 6 N–H and O–H groups in total. The van der Waals surface area contributed by atoms with E-state index in [0.717, 1.165) is 22.6 Å². The van der Waals surface area contributed by atoms with Crippen LogP contribution in [0.2, 0.25) is 0 Å². The van der Waals surface area contributed by atoms with E-state index in [0.29, 0.717) is 12.8 Å². The van der Waals surface area contributed by atoms with E-state index in [1.54, 1.807) is 41.5 Å². The SMILES string of the molecule is CC[C@@H]1NC(=O)C(C(O)C(C)C/C=C/CCCCCO)N(C)C(=O)[C@H](C(C)C)N(C)C(=O)[C@H](CC(C)C)N(C)C(=O)[C@H](CC(C)C)N(C)C(=O)[C@@H](C)NC(=O)[C@H](C)NC(=O)[C@H](CC(C)C)N(C)C(=O)[C@H](C(C)C)NC(=O)[C@H](CC(C)C)N(C)C(=O)CN(C)C1=O. The van der Waals surface area contributed by atoms with Crippen LogP contribution in [0.15, 0.2) is 12.2 Å². The second-order valence-corrected chi connectivity index (χ2v) is 27.6. The first-order valence-corrected chi connectivity index (χ1v) is 32.7. The number of likely N-dealkylation sites (N-methyl/N-ethyl adjacent to an activating group) is 7. The number of unbranched alkanes of at least 4 members (excludes halogenated alkanes) is 3. The Bertz CT molecular complexity index is 2420. The van der Waals surface area contributed by atoms with Gasteiger partial charge >= 0.3 is 0 Å². The molecule has 12 atom stereocenters. The van der Waals surface area contributed by atoms with Crippen LogP contribution < -0.4 is 21.3 Å². The van der Waals surface area contributed by atoms with E-state index in [1.807, 2.05) is 67.5 Å². The molecule has 1 heterocycles. The van der Waals surface area contributed by atoms with Crippen molar-refractivity contribution in [2.75, 3.05) is 62.5 Å². The molecule has 90 heavy (non-hydrogen) atoms. The van der Waals surface area contributed by atoms with Gasteiger partial charge in [-0.1, -0.05) is 116 Å². The molecule has 11 amide bonds. The summed E-state index contributed by atoms with van der Waals surface area (Å²) in [5.74, 6) is -9.88. The molecule has 0 spiro atoms. The zero-order valence-electron chi connectivity index (χ0n) is 59.0. The van der Waals surface area contributed by atoms with E-state index in [2.05, 4.69) is 21.3 Å². The van der Waals surface area contributed by atoms with Crippen LogP contribution in [-0.2, 0) is 52.7 Å². The summed E-state index contributed by atoms with van der Waals surface area (Å²) in [4.78, 5) is 169. The number of carbonyl (C=O) groups is 11. The smallest absolute Gasteiger partial charge is 0.246 e. The Hall–Kier alpha value is -6.17. The molecule has 0 bridgehead atoms. The monoisotopic (exact) mass is 1270 g/mol. The molecule has 1 rings (SSSR count). The summed E-state index contributed by atoms with van der Waals surface area (Å²) in [5.41, 5.74) is 0. The van der Waals surface area contributed by atoms with Crippen molar-refractivity contribution in [3.8, 4) is 0 Å². The van der Waals surface area contributed by atoms with Crippen LogP contribution >= 0.6 is 0 Å². The number of carbonyl (C=O) groups excluding carboxylic acids is 11. The van der Waals surface area contributed by atoms with Gasteiger partial charge in [0.2, 0.25) is 65.0 Å². The van der Waals surface area contributed by atoms with E-state index in [-0.39, 0.29) is 68.8 Å². The number of aliphatic hydroxyl groups excluding tert-OH is 2. The van der Waals surface area contributed by atoms with Gasteiger partial charge < -0.3 is 65.8 Å². The van der Waals surface area contributed by atoms with E-state index in [4.69, 9.17) is 0 Å². The van der Waals surface area contributed by atoms with E-state index in [1.165, 1.54) is 87.7 Å². The zero-order chi connectivity index (χ0) is 69.5. The lowest BCUT2D eigenvalue weighted by atomic mass is 9.91. The van der Waals surface area contributed by atoms with Crippen molar-refractivity contribution in [2.45, 2.75) is 242 Å². The van der Waals surface area contributed by atoms with Crippen molar-refractivity contribution in [2.24, 2.45) is 41.4 Å². The molecule has 24 heteroatoms. The minimum Gasteiger partial charge on any atom is -0.396 e. The summed E-state index contributed by atoms with van der Waals surface area (Å²) < 4.78 is 0. The number of nitrogens with one attached hydrogen (secondary N) is 4. The second-order valence-electron chi connectivity index (χ2n) is 27.6. The van der Waals surface area contributed by atoms with Gasteiger partial charge in [-0.05, 0) is 113 Å². The third-order valence-electron chi connectivity index (χ3n) is 17.0. The van der Waals surface area contributed by atoms with Crippen LogP contribution in [0.4, 0.5) is 0 Å². The fraction of sp³-hybridized carbons (Fsp3) is 0.803. The summed E-state index contributed by atoms with van der Waals surface area (Å²) in [7, 11) is 9.91. The highest BCUT2D eigenvalue weighted by molar-refractivity contribution is 5.99. The molecule has 24 nitrogen and oxygen atoms in total. The molecule has 0 aliphatic carbocycles. The number of hydrogen-bond donors (Lipinski definition) is 6. The molecular formula is C66H119N11O13. The Morgan fingerprint density at radius 1 is 0.456 bits per heavy atom. The molecule has 1 saturated heterocycles. The quantitative estimate of drug-likeness (QED) is 0.0748. The van der Waals surface area contributed by atoms with Crippen LogP contribution in [0, 0.1) is 41.4 Å². The minimum absolute atomic E-state index is 0.00943. The van der Waals surface area contributed by atoms with Gasteiger partial charge in [-0.2, -0.15) is 0 Å². The first kappa shape index (κ1) is 81.8. The Morgan fingerprint density at radius 2 is 0.900 bits per heavy atom. The first-order valence-electron chi connectivity index (χ1n) is 32.7. The lowest BCUT2D eigenvalue weighted by Gasteiger charge is -2.41.